The highest BCUT2D eigenvalue weighted by Crippen LogP contribution is 2.42. The summed E-state index contributed by atoms with van der Waals surface area (Å²) < 4.78 is 12.1. The molecule has 7 heteroatoms. The molecule has 1 fully saturated rings. The number of para-hydroxylation sites is 1. The summed E-state index contributed by atoms with van der Waals surface area (Å²) >= 11 is 0. The molecule has 0 bridgehead atoms. The van der Waals surface area contributed by atoms with E-state index < -0.39 is 0 Å². The van der Waals surface area contributed by atoms with Gasteiger partial charge in [-0.25, -0.2) is 0 Å². The fourth-order valence-electron chi connectivity index (χ4n) is 4.77. The highest BCUT2D eigenvalue weighted by atomic mass is 16.5. The van der Waals surface area contributed by atoms with E-state index in [0.717, 1.165) is 63.1 Å². The normalized spacial score (nSPS) is 17.7. The number of nitrogens with zero attached hydrogens (tertiary/aromatic N) is 3. The highest BCUT2D eigenvalue weighted by molar-refractivity contribution is 5.74. The number of H-pyrrole nitrogens is 1. The van der Waals surface area contributed by atoms with Crippen molar-refractivity contribution in [3.8, 4) is 11.6 Å². The summed E-state index contributed by atoms with van der Waals surface area (Å²) in [6.45, 7) is 10.2. The smallest absolute Gasteiger partial charge is 0.249 e. The van der Waals surface area contributed by atoms with Crippen molar-refractivity contribution in [2.45, 2.75) is 38.7 Å². The van der Waals surface area contributed by atoms with E-state index in [2.05, 4.69) is 51.8 Å². The van der Waals surface area contributed by atoms with Crippen LogP contribution in [0.25, 0.3) is 11.0 Å². The molecular weight excluding hydrogens is 416 g/mol. The quantitative estimate of drug-likeness (QED) is 0.557. The molecule has 174 valence electrons. The van der Waals surface area contributed by atoms with Crippen LogP contribution in [0, 0.1) is 0 Å². The average molecular weight is 449 g/mol. The van der Waals surface area contributed by atoms with Crippen LogP contribution < -0.4 is 19.9 Å². The van der Waals surface area contributed by atoms with E-state index >= 15 is 0 Å². The van der Waals surface area contributed by atoms with Crippen LogP contribution in [-0.4, -0.2) is 59.8 Å². The van der Waals surface area contributed by atoms with Gasteiger partial charge in [-0.05, 0) is 51.4 Å². The largest absolute Gasteiger partial charge is 0.485 e. The molecule has 2 aliphatic rings. The number of benzene rings is 1. The van der Waals surface area contributed by atoms with Gasteiger partial charge in [-0.2, -0.15) is 4.98 Å². The molecule has 0 radical (unpaired) electrons. The van der Waals surface area contributed by atoms with Crippen LogP contribution >= 0.6 is 0 Å². The van der Waals surface area contributed by atoms with Gasteiger partial charge in [0, 0.05) is 55.7 Å². The molecule has 2 aliphatic heterocycles. The lowest BCUT2D eigenvalue weighted by Gasteiger charge is -2.36. The van der Waals surface area contributed by atoms with Crippen molar-refractivity contribution < 1.29 is 9.47 Å². The van der Waals surface area contributed by atoms with Gasteiger partial charge in [-0.1, -0.05) is 12.1 Å². The molecule has 7 nitrogen and oxygen atoms in total. The summed E-state index contributed by atoms with van der Waals surface area (Å²) in [4.78, 5) is 23.6. The van der Waals surface area contributed by atoms with E-state index in [4.69, 9.17) is 9.47 Å². The van der Waals surface area contributed by atoms with Crippen LogP contribution in [0.4, 0.5) is 5.69 Å². The molecule has 0 aliphatic carbocycles. The van der Waals surface area contributed by atoms with Gasteiger partial charge in [0.15, 0.2) is 0 Å². The van der Waals surface area contributed by atoms with Crippen LogP contribution in [0.1, 0.15) is 32.3 Å². The third-order valence-electron chi connectivity index (χ3n) is 6.46. The third kappa shape index (κ3) is 4.98. The van der Waals surface area contributed by atoms with Crippen molar-refractivity contribution in [3.05, 3.63) is 58.4 Å². The van der Waals surface area contributed by atoms with Crippen molar-refractivity contribution in [1.29, 1.82) is 0 Å². The maximum absolute atomic E-state index is 11.5. The van der Waals surface area contributed by atoms with E-state index in [1.807, 2.05) is 12.1 Å². The van der Waals surface area contributed by atoms with E-state index in [1.54, 1.807) is 6.07 Å². The molecule has 0 unspecified atom stereocenters. The average Bonchev–Trinajstić information content (AvgIpc) is 3.13. The second kappa shape index (κ2) is 9.06. The minimum Gasteiger partial charge on any atom is -0.485 e. The van der Waals surface area contributed by atoms with E-state index in [-0.39, 0.29) is 11.2 Å². The Morgan fingerprint density at radius 1 is 1.06 bits per heavy atom. The first-order chi connectivity index (χ1) is 16.0. The lowest BCUT2D eigenvalue weighted by molar-refractivity contribution is 0.138. The SMILES string of the molecule is CC1(C)Cc2cccc(N3CCN(CCCCOc4ccc5ccc(=O)[nH]c5n4)CC3)c2O1. The van der Waals surface area contributed by atoms with Crippen LogP contribution in [0.5, 0.6) is 11.6 Å². The number of hydrogen-bond donors (Lipinski definition) is 1. The summed E-state index contributed by atoms with van der Waals surface area (Å²) in [7, 11) is 0. The maximum atomic E-state index is 11.5. The third-order valence-corrected chi connectivity index (χ3v) is 6.46. The first kappa shape index (κ1) is 21.8. The second-order valence-corrected chi connectivity index (χ2v) is 9.60. The fourth-order valence-corrected chi connectivity index (χ4v) is 4.77. The zero-order valence-electron chi connectivity index (χ0n) is 19.5. The van der Waals surface area contributed by atoms with Gasteiger partial charge in [0.25, 0.3) is 0 Å². The van der Waals surface area contributed by atoms with Gasteiger partial charge in [-0.15, -0.1) is 0 Å². The van der Waals surface area contributed by atoms with Gasteiger partial charge in [0.2, 0.25) is 11.4 Å². The molecule has 2 aromatic heterocycles. The Hall–Kier alpha value is -3.06. The predicted molar refractivity (Wildman–Crippen MR) is 131 cm³/mol. The number of pyridine rings is 2. The van der Waals surface area contributed by atoms with E-state index in [0.29, 0.717) is 18.1 Å². The van der Waals surface area contributed by atoms with Gasteiger partial charge in [0.05, 0.1) is 12.3 Å². The Balaban J connectivity index is 1.05. The molecule has 33 heavy (non-hydrogen) atoms. The molecule has 1 aromatic carbocycles. The minimum absolute atomic E-state index is 0.109. The molecule has 1 saturated heterocycles. The monoisotopic (exact) mass is 448 g/mol. The number of aromatic amines is 1. The summed E-state index contributed by atoms with van der Waals surface area (Å²) in [6, 6.07) is 13.6. The van der Waals surface area contributed by atoms with Crippen molar-refractivity contribution >= 4 is 16.7 Å². The molecule has 3 aromatic rings. The van der Waals surface area contributed by atoms with Crippen LogP contribution in [-0.2, 0) is 6.42 Å². The van der Waals surface area contributed by atoms with Crippen molar-refractivity contribution in [2.24, 2.45) is 0 Å². The number of hydrogen-bond acceptors (Lipinski definition) is 6. The van der Waals surface area contributed by atoms with Gasteiger partial charge in [-0.3, -0.25) is 9.69 Å². The van der Waals surface area contributed by atoms with Crippen LogP contribution in [0.2, 0.25) is 0 Å². The van der Waals surface area contributed by atoms with Gasteiger partial charge < -0.3 is 19.4 Å². The number of ether oxygens (including phenoxy) is 2. The second-order valence-electron chi connectivity index (χ2n) is 9.60. The standard InChI is InChI=1S/C26H32N4O3/c1-26(2)18-20-6-5-7-21(24(20)33-26)30-15-13-29(14-16-30)12-3-4-17-32-23-11-9-19-8-10-22(31)27-25(19)28-23/h5-11H,3-4,12-18H2,1-2H3,(H,27,28,31). The summed E-state index contributed by atoms with van der Waals surface area (Å²) in [5.74, 6) is 1.64. The predicted octanol–water partition coefficient (Wildman–Crippen LogP) is 3.62. The Morgan fingerprint density at radius 2 is 1.88 bits per heavy atom. The molecule has 4 heterocycles. The lowest BCUT2D eigenvalue weighted by atomic mass is 10.0. The number of unbranched alkanes of at least 4 members (excludes halogenated alkanes) is 1. The zero-order valence-corrected chi connectivity index (χ0v) is 19.5. The Labute approximate surface area is 194 Å². The van der Waals surface area contributed by atoms with Crippen molar-refractivity contribution in [3.63, 3.8) is 0 Å². The number of aromatic nitrogens is 2. The van der Waals surface area contributed by atoms with Gasteiger partial charge >= 0.3 is 0 Å². The topological polar surface area (TPSA) is 70.7 Å². The van der Waals surface area contributed by atoms with Crippen LogP contribution in [0.15, 0.2) is 47.3 Å². The number of piperazine rings is 1. The zero-order chi connectivity index (χ0) is 22.8. The summed E-state index contributed by atoms with van der Waals surface area (Å²) in [5, 5.41) is 0.900. The van der Waals surface area contributed by atoms with Crippen molar-refractivity contribution in [2.75, 3.05) is 44.2 Å². The van der Waals surface area contributed by atoms with Crippen LogP contribution in [0.3, 0.4) is 0 Å². The molecule has 5 rings (SSSR count). The molecule has 0 atom stereocenters. The fraction of sp³-hybridized carbons (Fsp3) is 0.462. The highest BCUT2D eigenvalue weighted by Gasteiger charge is 2.33. The molecule has 0 saturated carbocycles. The first-order valence-corrected chi connectivity index (χ1v) is 11.9. The van der Waals surface area contributed by atoms with Gasteiger partial charge in [0.1, 0.15) is 17.0 Å². The number of anilines is 1. The number of fused-ring (bicyclic) bond motifs is 2. The molecule has 0 amide bonds. The van der Waals surface area contributed by atoms with Crippen molar-refractivity contribution in [1.82, 2.24) is 14.9 Å². The summed E-state index contributed by atoms with van der Waals surface area (Å²) in [6.07, 6.45) is 3.04. The Bertz CT molecular complexity index is 1180. The van der Waals surface area contributed by atoms with E-state index in [9.17, 15) is 4.79 Å². The lowest BCUT2D eigenvalue weighted by Crippen LogP contribution is -2.46. The molecule has 1 N–H and O–H groups in total. The first-order valence-electron chi connectivity index (χ1n) is 11.9. The maximum Gasteiger partial charge on any atom is 0.249 e. The minimum atomic E-state index is -0.153. The molecule has 0 spiro atoms. The number of nitrogens with one attached hydrogen (secondary N) is 1. The Kier molecular flexibility index (Phi) is 5.98. The Morgan fingerprint density at radius 3 is 2.73 bits per heavy atom. The summed E-state index contributed by atoms with van der Waals surface area (Å²) in [5.41, 5.74) is 2.88. The van der Waals surface area contributed by atoms with E-state index in [1.165, 1.54) is 17.3 Å². The number of rotatable bonds is 7. The molecular formula is C26H32N4O3.